The Labute approximate surface area is 179 Å². The molecule has 2 aromatic heterocycles. The molecule has 3 N–H and O–H groups in total. The quantitative estimate of drug-likeness (QED) is 0.467. The van der Waals surface area contributed by atoms with Crippen LogP contribution in [0, 0.1) is 0 Å². The number of fused-ring (bicyclic) bond motifs is 2. The average Bonchev–Trinajstić information content (AvgIpc) is 3.06. The molecular weight excluding hydrogens is 392 g/mol. The molecule has 0 spiro atoms. The molecule has 0 saturated heterocycles. The smallest absolute Gasteiger partial charge is 0.257 e. The maximum Gasteiger partial charge on any atom is 0.257 e. The van der Waals surface area contributed by atoms with Crippen LogP contribution in [0.25, 0.3) is 22.2 Å². The molecule has 0 aliphatic rings. The van der Waals surface area contributed by atoms with Gasteiger partial charge in [0.05, 0.1) is 24.4 Å². The number of nitrogens with zero attached hydrogens (tertiary/aromatic N) is 4. The Bertz CT molecular complexity index is 1290. The number of methoxy groups -OCH3 is 1. The van der Waals surface area contributed by atoms with Crippen LogP contribution in [0.3, 0.4) is 0 Å². The Morgan fingerprint density at radius 2 is 1.97 bits per heavy atom. The van der Waals surface area contributed by atoms with Crippen LogP contribution < -0.4 is 15.8 Å². The van der Waals surface area contributed by atoms with Gasteiger partial charge in [-0.2, -0.15) is 9.78 Å². The summed E-state index contributed by atoms with van der Waals surface area (Å²) in [6.07, 6.45) is 2.44. The highest BCUT2D eigenvalue weighted by molar-refractivity contribution is 6.10. The van der Waals surface area contributed by atoms with Crippen LogP contribution in [-0.4, -0.2) is 39.9 Å². The topological polar surface area (TPSA) is 107 Å². The number of carbonyl (C=O) groups is 1. The molecule has 0 aliphatic carbocycles. The van der Waals surface area contributed by atoms with Crippen molar-refractivity contribution in [3.8, 4) is 5.75 Å². The molecule has 31 heavy (non-hydrogen) atoms. The van der Waals surface area contributed by atoms with Crippen LogP contribution >= 0.6 is 0 Å². The number of hydrogen-bond donors (Lipinski definition) is 2. The minimum Gasteiger partial charge on any atom is -0.497 e. The number of hydrogen-bond acceptors (Lipinski definition) is 6. The van der Waals surface area contributed by atoms with Crippen LogP contribution in [-0.2, 0) is 0 Å². The van der Waals surface area contributed by atoms with E-state index >= 15 is 0 Å². The van der Waals surface area contributed by atoms with Gasteiger partial charge in [0.25, 0.3) is 5.91 Å². The number of para-hydroxylation sites is 2. The van der Waals surface area contributed by atoms with Crippen LogP contribution in [0.4, 0.5) is 5.82 Å². The van der Waals surface area contributed by atoms with Gasteiger partial charge in [0.15, 0.2) is 5.65 Å². The van der Waals surface area contributed by atoms with Crippen LogP contribution in [0.2, 0.25) is 0 Å². The van der Waals surface area contributed by atoms with E-state index in [0.717, 1.165) is 12.0 Å². The number of aromatic nitrogens is 3. The predicted molar refractivity (Wildman–Crippen MR) is 123 cm³/mol. The highest BCUT2D eigenvalue weighted by atomic mass is 16.5. The Balaban J connectivity index is 1.89. The Hall–Kier alpha value is -3.94. The molecule has 8 nitrogen and oxygen atoms in total. The molecule has 0 bridgehead atoms. The second-order valence-corrected chi connectivity index (χ2v) is 7.26. The molecule has 0 unspecified atom stereocenters. The molecule has 0 radical (unpaired) electrons. The highest BCUT2D eigenvalue weighted by Crippen LogP contribution is 2.28. The molecule has 1 amide bonds. The molecule has 8 heteroatoms. The molecule has 0 saturated carbocycles. The van der Waals surface area contributed by atoms with E-state index in [0.29, 0.717) is 27.9 Å². The maximum absolute atomic E-state index is 13.0. The number of anilines is 1. The molecule has 1 atom stereocenters. The lowest BCUT2D eigenvalue weighted by Gasteiger charge is -2.11. The summed E-state index contributed by atoms with van der Waals surface area (Å²) in [5, 5.41) is 7.48. The number of nitrogens with two attached hydrogens (primary N) is 1. The van der Waals surface area contributed by atoms with E-state index in [9.17, 15) is 4.79 Å². The zero-order chi connectivity index (χ0) is 22.0. The molecular formula is C23H24N6O2. The van der Waals surface area contributed by atoms with Crippen molar-refractivity contribution in [2.75, 3.05) is 12.8 Å². The molecule has 158 valence electrons. The second-order valence-electron chi connectivity index (χ2n) is 7.26. The van der Waals surface area contributed by atoms with E-state index < -0.39 is 0 Å². The molecule has 2 aromatic carbocycles. The molecule has 2 heterocycles. The summed E-state index contributed by atoms with van der Waals surface area (Å²) in [4.78, 5) is 22.4. The fourth-order valence-electron chi connectivity index (χ4n) is 3.23. The van der Waals surface area contributed by atoms with Gasteiger partial charge in [-0.3, -0.25) is 4.79 Å². The summed E-state index contributed by atoms with van der Waals surface area (Å²) in [6, 6.07) is 14.9. The minimum atomic E-state index is -0.295. The Morgan fingerprint density at radius 1 is 1.23 bits per heavy atom. The van der Waals surface area contributed by atoms with E-state index in [1.54, 1.807) is 13.3 Å². The molecule has 0 fully saturated rings. The summed E-state index contributed by atoms with van der Waals surface area (Å²) >= 11 is 0. The van der Waals surface area contributed by atoms with Gasteiger partial charge in [0.2, 0.25) is 0 Å². The van der Waals surface area contributed by atoms with E-state index in [4.69, 9.17) is 10.5 Å². The lowest BCUT2D eigenvalue weighted by molar-refractivity contribution is 0.0941. The van der Waals surface area contributed by atoms with E-state index in [1.807, 2.05) is 62.4 Å². The Morgan fingerprint density at radius 3 is 2.68 bits per heavy atom. The molecule has 0 aliphatic heterocycles. The fourth-order valence-corrected chi connectivity index (χ4v) is 3.23. The van der Waals surface area contributed by atoms with Gasteiger partial charge in [-0.25, -0.2) is 9.97 Å². The third-order valence-electron chi connectivity index (χ3n) is 5.11. The summed E-state index contributed by atoms with van der Waals surface area (Å²) in [5.74, 6) is 0.607. The van der Waals surface area contributed by atoms with Gasteiger partial charge < -0.3 is 15.8 Å². The summed E-state index contributed by atoms with van der Waals surface area (Å²) < 4.78 is 6.72. The van der Waals surface area contributed by atoms with Crippen molar-refractivity contribution in [3.05, 3.63) is 59.7 Å². The maximum atomic E-state index is 13.0. The zero-order valence-electron chi connectivity index (χ0n) is 17.7. The van der Waals surface area contributed by atoms with E-state index in [1.165, 1.54) is 4.68 Å². The number of rotatable bonds is 6. The van der Waals surface area contributed by atoms with E-state index in [-0.39, 0.29) is 23.3 Å². The summed E-state index contributed by atoms with van der Waals surface area (Å²) in [6.45, 7) is 3.94. The first-order valence-electron chi connectivity index (χ1n) is 10.1. The van der Waals surface area contributed by atoms with Gasteiger partial charge in [-0.05, 0) is 43.2 Å². The predicted octanol–water partition coefficient (Wildman–Crippen LogP) is 3.59. The van der Waals surface area contributed by atoms with Gasteiger partial charge >= 0.3 is 0 Å². The van der Waals surface area contributed by atoms with Crippen LogP contribution in [0.5, 0.6) is 5.75 Å². The molecule has 4 aromatic rings. The average molecular weight is 416 g/mol. The van der Waals surface area contributed by atoms with Gasteiger partial charge in [0.1, 0.15) is 22.6 Å². The van der Waals surface area contributed by atoms with Crippen molar-refractivity contribution in [2.24, 2.45) is 5.10 Å². The summed E-state index contributed by atoms with van der Waals surface area (Å²) in [7, 11) is 1.61. The van der Waals surface area contributed by atoms with Crippen molar-refractivity contribution in [2.45, 2.75) is 26.3 Å². The van der Waals surface area contributed by atoms with Crippen LogP contribution in [0.15, 0.2) is 53.6 Å². The first-order valence-corrected chi connectivity index (χ1v) is 10.1. The number of carbonyl (C=O) groups excluding carboxylic acids is 1. The van der Waals surface area contributed by atoms with Gasteiger partial charge in [0, 0.05) is 6.04 Å². The zero-order valence-corrected chi connectivity index (χ0v) is 17.7. The van der Waals surface area contributed by atoms with Crippen molar-refractivity contribution >= 4 is 40.1 Å². The van der Waals surface area contributed by atoms with Gasteiger partial charge in [-0.1, -0.05) is 31.2 Å². The number of benzene rings is 2. The van der Waals surface area contributed by atoms with Crippen molar-refractivity contribution in [3.63, 3.8) is 0 Å². The number of nitrogen functional groups attached to an aromatic ring is 1. The first-order chi connectivity index (χ1) is 15.0. The second kappa shape index (κ2) is 8.43. The minimum absolute atomic E-state index is 0.000925. The number of nitrogens with one attached hydrogen (secondary N) is 1. The summed E-state index contributed by atoms with van der Waals surface area (Å²) in [5.41, 5.74) is 9.71. The van der Waals surface area contributed by atoms with Crippen molar-refractivity contribution < 1.29 is 9.53 Å². The monoisotopic (exact) mass is 416 g/mol. The largest absolute Gasteiger partial charge is 0.497 e. The number of amides is 1. The Kier molecular flexibility index (Phi) is 5.53. The highest BCUT2D eigenvalue weighted by Gasteiger charge is 2.24. The third-order valence-corrected chi connectivity index (χ3v) is 5.11. The van der Waals surface area contributed by atoms with E-state index in [2.05, 4.69) is 20.4 Å². The normalized spacial score (nSPS) is 12.5. The molecule has 4 rings (SSSR count). The van der Waals surface area contributed by atoms with Crippen molar-refractivity contribution in [1.29, 1.82) is 0 Å². The van der Waals surface area contributed by atoms with Crippen molar-refractivity contribution in [1.82, 2.24) is 20.0 Å². The third kappa shape index (κ3) is 3.92. The lowest BCUT2D eigenvalue weighted by atomic mass is 10.2. The lowest BCUT2D eigenvalue weighted by Crippen LogP contribution is -2.32. The SMILES string of the molecule is CC[C@@H](C)NC(=O)c1c(N)n(/N=C\c2cccc(OC)c2)c2nc3ccccc3nc12. The van der Waals surface area contributed by atoms with Crippen LogP contribution in [0.1, 0.15) is 36.2 Å². The first kappa shape index (κ1) is 20.3. The van der Waals surface area contributed by atoms with Gasteiger partial charge in [-0.15, -0.1) is 0 Å². The standard InChI is InChI=1S/C23H24N6O2/c1-4-14(2)26-23(30)19-20-22(28-18-11-6-5-10-17(18)27-20)29(21(19)24)25-13-15-8-7-9-16(12-15)31-3/h5-14H,4,24H2,1-3H3,(H,26,30)/b25-13-/t14-/m1/s1. The number of ether oxygens (including phenoxy) is 1. The fraction of sp³-hybridized carbons (Fsp3) is 0.217.